The van der Waals surface area contributed by atoms with Gasteiger partial charge in [0.1, 0.15) is 5.75 Å². The van der Waals surface area contributed by atoms with E-state index < -0.39 is 12.3 Å². The second-order valence-corrected chi connectivity index (χ2v) is 3.64. The predicted molar refractivity (Wildman–Crippen MR) is 52.3 cm³/mol. The van der Waals surface area contributed by atoms with Crippen LogP contribution in [0.5, 0.6) is 5.75 Å². The fraction of sp³-hybridized carbons (Fsp3) is 0.400. The first-order valence-corrected chi connectivity index (χ1v) is 4.68. The summed E-state index contributed by atoms with van der Waals surface area (Å²) in [7, 11) is 0. The standard InChI is InChI=1S/C10H10ClF3O/c1-6-3-4-9(8(11)5-6)15-7(2)10(12,13)14/h3-5,7H,1-2H3/t7-/m0/s1. The average molecular weight is 239 g/mol. The molecular weight excluding hydrogens is 229 g/mol. The summed E-state index contributed by atoms with van der Waals surface area (Å²) in [5.41, 5.74) is 0.868. The number of benzene rings is 1. The van der Waals surface area contributed by atoms with Gasteiger partial charge < -0.3 is 4.74 Å². The molecule has 0 aliphatic rings. The van der Waals surface area contributed by atoms with E-state index in [-0.39, 0.29) is 10.8 Å². The molecule has 0 aromatic heterocycles. The average Bonchev–Trinajstić information content (AvgIpc) is 2.08. The Morgan fingerprint density at radius 1 is 1.33 bits per heavy atom. The highest BCUT2D eigenvalue weighted by molar-refractivity contribution is 6.32. The molecule has 1 rings (SSSR count). The molecule has 0 spiro atoms. The molecule has 0 amide bonds. The number of aryl methyl sites for hydroxylation is 1. The molecule has 0 saturated heterocycles. The third-order valence-electron chi connectivity index (χ3n) is 1.85. The van der Waals surface area contributed by atoms with Crippen LogP contribution in [0.15, 0.2) is 18.2 Å². The molecule has 1 atom stereocenters. The zero-order valence-electron chi connectivity index (χ0n) is 8.23. The zero-order chi connectivity index (χ0) is 11.6. The van der Waals surface area contributed by atoms with E-state index in [9.17, 15) is 13.2 Å². The summed E-state index contributed by atoms with van der Waals surface area (Å²) in [4.78, 5) is 0. The van der Waals surface area contributed by atoms with E-state index in [1.165, 1.54) is 6.07 Å². The molecule has 0 fully saturated rings. The minimum Gasteiger partial charge on any atom is -0.480 e. The second-order valence-electron chi connectivity index (χ2n) is 3.24. The van der Waals surface area contributed by atoms with Crippen molar-refractivity contribution < 1.29 is 17.9 Å². The van der Waals surface area contributed by atoms with Gasteiger partial charge in [-0.15, -0.1) is 0 Å². The molecule has 84 valence electrons. The van der Waals surface area contributed by atoms with Crippen LogP contribution in [0.4, 0.5) is 13.2 Å². The molecule has 0 saturated carbocycles. The van der Waals surface area contributed by atoms with Crippen molar-refractivity contribution >= 4 is 11.6 Å². The summed E-state index contributed by atoms with van der Waals surface area (Å²) in [6.07, 6.45) is -6.24. The van der Waals surface area contributed by atoms with Crippen molar-refractivity contribution in [3.8, 4) is 5.75 Å². The lowest BCUT2D eigenvalue weighted by molar-refractivity contribution is -0.189. The molecule has 5 heteroatoms. The fourth-order valence-electron chi connectivity index (χ4n) is 0.959. The van der Waals surface area contributed by atoms with Gasteiger partial charge in [-0.05, 0) is 31.5 Å². The van der Waals surface area contributed by atoms with E-state index in [0.717, 1.165) is 12.5 Å². The Balaban J connectivity index is 2.82. The quantitative estimate of drug-likeness (QED) is 0.757. The van der Waals surface area contributed by atoms with Gasteiger partial charge in [0.05, 0.1) is 5.02 Å². The first-order chi connectivity index (χ1) is 6.80. The Morgan fingerprint density at radius 2 is 1.93 bits per heavy atom. The van der Waals surface area contributed by atoms with Crippen molar-refractivity contribution in [2.45, 2.75) is 26.1 Å². The van der Waals surface area contributed by atoms with Crippen molar-refractivity contribution in [3.63, 3.8) is 0 Å². The highest BCUT2D eigenvalue weighted by atomic mass is 35.5. The number of rotatable bonds is 2. The van der Waals surface area contributed by atoms with Gasteiger partial charge in [0, 0.05) is 0 Å². The predicted octanol–water partition coefficient (Wildman–Crippen LogP) is 3.98. The Labute approximate surface area is 90.8 Å². The van der Waals surface area contributed by atoms with Gasteiger partial charge in [0.2, 0.25) is 0 Å². The summed E-state index contributed by atoms with van der Waals surface area (Å²) in [6.45, 7) is 2.74. The second kappa shape index (κ2) is 4.31. The topological polar surface area (TPSA) is 9.23 Å². The van der Waals surface area contributed by atoms with E-state index >= 15 is 0 Å². The molecule has 0 heterocycles. The molecule has 1 aromatic rings. The summed E-state index contributed by atoms with van der Waals surface area (Å²) in [5.74, 6) is 0.0482. The molecular formula is C10H10ClF3O. The van der Waals surface area contributed by atoms with Gasteiger partial charge in [0.15, 0.2) is 6.10 Å². The minimum atomic E-state index is -4.38. The number of ether oxygens (including phenoxy) is 1. The van der Waals surface area contributed by atoms with E-state index in [4.69, 9.17) is 16.3 Å². The molecule has 0 radical (unpaired) electrons. The summed E-state index contributed by atoms with van der Waals surface area (Å²) in [5, 5.41) is 0.186. The van der Waals surface area contributed by atoms with E-state index in [1.54, 1.807) is 19.1 Å². The Bertz CT molecular complexity index is 349. The smallest absolute Gasteiger partial charge is 0.425 e. The van der Waals surface area contributed by atoms with Gasteiger partial charge in [-0.25, -0.2) is 0 Å². The minimum absolute atomic E-state index is 0.0482. The van der Waals surface area contributed by atoms with E-state index in [2.05, 4.69) is 0 Å². The van der Waals surface area contributed by atoms with Crippen LogP contribution in [0.1, 0.15) is 12.5 Å². The molecule has 0 aliphatic carbocycles. The normalized spacial score (nSPS) is 13.7. The van der Waals surface area contributed by atoms with Crippen molar-refractivity contribution in [2.75, 3.05) is 0 Å². The fourth-order valence-corrected chi connectivity index (χ4v) is 1.24. The monoisotopic (exact) mass is 238 g/mol. The highest BCUT2D eigenvalue weighted by Crippen LogP contribution is 2.30. The third kappa shape index (κ3) is 3.30. The Morgan fingerprint density at radius 3 is 2.40 bits per heavy atom. The van der Waals surface area contributed by atoms with Crippen LogP contribution in [-0.4, -0.2) is 12.3 Å². The van der Waals surface area contributed by atoms with Crippen LogP contribution in [0.3, 0.4) is 0 Å². The molecule has 0 unspecified atom stereocenters. The number of hydrogen-bond donors (Lipinski definition) is 0. The maximum absolute atomic E-state index is 12.2. The maximum atomic E-state index is 12.2. The van der Waals surface area contributed by atoms with Crippen LogP contribution in [-0.2, 0) is 0 Å². The van der Waals surface area contributed by atoms with Crippen molar-refractivity contribution in [1.29, 1.82) is 0 Å². The van der Waals surface area contributed by atoms with Crippen LogP contribution in [0.25, 0.3) is 0 Å². The van der Waals surface area contributed by atoms with Crippen LogP contribution in [0.2, 0.25) is 5.02 Å². The highest BCUT2D eigenvalue weighted by Gasteiger charge is 2.38. The summed E-state index contributed by atoms with van der Waals surface area (Å²) >= 11 is 5.73. The lowest BCUT2D eigenvalue weighted by atomic mass is 10.2. The largest absolute Gasteiger partial charge is 0.480 e. The van der Waals surface area contributed by atoms with Gasteiger partial charge >= 0.3 is 6.18 Å². The van der Waals surface area contributed by atoms with Gasteiger partial charge in [-0.1, -0.05) is 17.7 Å². The molecule has 1 nitrogen and oxygen atoms in total. The number of halogens is 4. The first-order valence-electron chi connectivity index (χ1n) is 4.30. The Hall–Kier alpha value is -0.900. The summed E-state index contributed by atoms with van der Waals surface area (Å²) in [6, 6.07) is 4.63. The van der Waals surface area contributed by atoms with Crippen LogP contribution < -0.4 is 4.74 Å². The Kier molecular flexibility index (Phi) is 3.50. The zero-order valence-corrected chi connectivity index (χ0v) is 8.99. The van der Waals surface area contributed by atoms with Gasteiger partial charge in [-0.2, -0.15) is 13.2 Å². The molecule has 15 heavy (non-hydrogen) atoms. The lowest BCUT2D eigenvalue weighted by Crippen LogP contribution is -2.31. The van der Waals surface area contributed by atoms with Crippen molar-refractivity contribution in [3.05, 3.63) is 28.8 Å². The third-order valence-corrected chi connectivity index (χ3v) is 2.15. The first kappa shape index (κ1) is 12.2. The maximum Gasteiger partial charge on any atom is 0.425 e. The molecule has 0 bridgehead atoms. The lowest BCUT2D eigenvalue weighted by Gasteiger charge is -2.18. The van der Waals surface area contributed by atoms with E-state index in [1.807, 2.05) is 0 Å². The SMILES string of the molecule is Cc1ccc(O[C@@H](C)C(F)(F)F)c(Cl)c1. The number of alkyl halides is 3. The summed E-state index contributed by atoms with van der Waals surface area (Å²) < 4.78 is 41.2. The molecule has 0 N–H and O–H groups in total. The molecule has 1 aromatic carbocycles. The van der Waals surface area contributed by atoms with Gasteiger partial charge in [-0.3, -0.25) is 0 Å². The van der Waals surface area contributed by atoms with Crippen molar-refractivity contribution in [1.82, 2.24) is 0 Å². The van der Waals surface area contributed by atoms with E-state index in [0.29, 0.717) is 0 Å². The number of hydrogen-bond acceptors (Lipinski definition) is 1. The molecule has 0 aliphatic heterocycles. The van der Waals surface area contributed by atoms with Crippen LogP contribution >= 0.6 is 11.6 Å². The van der Waals surface area contributed by atoms with Gasteiger partial charge in [0.25, 0.3) is 0 Å². The van der Waals surface area contributed by atoms with Crippen molar-refractivity contribution in [2.24, 2.45) is 0 Å². The van der Waals surface area contributed by atoms with Crippen LogP contribution in [0, 0.1) is 6.92 Å².